The molecule has 0 radical (unpaired) electrons. The smallest absolute Gasteiger partial charge is 0.243 e. The molecule has 2 amide bonds. The summed E-state index contributed by atoms with van der Waals surface area (Å²) in [7, 11) is 0. The number of amides is 2. The van der Waals surface area contributed by atoms with Crippen LogP contribution in [0.15, 0.2) is 84.0 Å². The van der Waals surface area contributed by atoms with Gasteiger partial charge in [0.15, 0.2) is 6.29 Å². The number of tetrazole rings is 1. The minimum atomic E-state index is -0.608. The van der Waals surface area contributed by atoms with Crippen molar-refractivity contribution < 1.29 is 29.4 Å². The minimum absolute atomic E-state index is 0.0226. The molecule has 12 nitrogen and oxygen atoms in total. The molecule has 4 N–H and O–H groups in total. The van der Waals surface area contributed by atoms with Gasteiger partial charge in [-0.05, 0) is 52.1 Å². The van der Waals surface area contributed by atoms with E-state index in [2.05, 4.69) is 20.8 Å². The third-order valence-corrected chi connectivity index (χ3v) is 8.68. The maximum absolute atomic E-state index is 12.3. The van der Waals surface area contributed by atoms with Crippen LogP contribution < -0.4 is 10.8 Å². The van der Waals surface area contributed by atoms with Gasteiger partial charge in [0.1, 0.15) is 0 Å². The van der Waals surface area contributed by atoms with E-state index in [0.717, 1.165) is 34.4 Å². The molecule has 5 rings (SSSR count). The number of thioether (sulfide) groups is 1. The molecule has 0 bridgehead atoms. The van der Waals surface area contributed by atoms with Crippen molar-refractivity contribution >= 4 is 23.6 Å². The molecule has 1 fully saturated rings. The third kappa shape index (κ3) is 9.44. The number of rotatable bonds is 15. The van der Waals surface area contributed by atoms with E-state index in [1.54, 1.807) is 10.2 Å². The number of nitrogens with one attached hydrogen (secondary N) is 2. The number of ether oxygens (including phenoxy) is 2. The second-order valence-electron chi connectivity index (χ2n) is 11.0. The first-order valence-corrected chi connectivity index (χ1v) is 16.3. The molecule has 0 spiro atoms. The van der Waals surface area contributed by atoms with E-state index in [9.17, 15) is 14.7 Å². The summed E-state index contributed by atoms with van der Waals surface area (Å²) in [6.07, 6.45) is 2.27. The number of carbonyl (C=O) groups excluding carboxylic acids is 2. The molecule has 46 heavy (non-hydrogen) atoms. The Hall–Kier alpha value is -4.14. The van der Waals surface area contributed by atoms with Crippen LogP contribution in [0.3, 0.4) is 0 Å². The van der Waals surface area contributed by atoms with Crippen LogP contribution in [0.25, 0.3) is 5.69 Å². The Balaban J connectivity index is 1.20. The monoisotopic (exact) mass is 646 g/mol. The number of aliphatic hydroxyl groups excluding tert-OH is 1. The summed E-state index contributed by atoms with van der Waals surface area (Å²) in [5, 5.41) is 33.9. The number of aromatic nitrogens is 4. The van der Waals surface area contributed by atoms with Gasteiger partial charge >= 0.3 is 0 Å². The maximum atomic E-state index is 12.3. The molecule has 4 aromatic rings. The third-order valence-electron chi connectivity index (χ3n) is 7.63. The van der Waals surface area contributed by atoms with E-state index >= 15 is 0 Å². The number of carbonyl (C=O) groups is 2. The van der Waals surface area contributed by atoms with Crippen molar-refractivity contribution in [1.82, 2.24) is 31.0 Å². The van der Waals surface area contributed by atoms with Gasteiger partial charge in [-0.15, -0.1) is 5.10 Å². The Kier molecular flexibility index (Phi) is 12.3. The van der Waals surface area contributed by atoms with Crippen LogP contribution in [0.4, 0.5) is 0 Å². The lowest BCUT2D eigenvalue weighted by atomic mass is 10.0. The topological polar surface area (TPSA) is 161 Å². The Labute approximate surface area is 271 Å². The molecule has 2 heterocycles. The number of hydrogen-bond acceptors (Lipinski definition) is 10. The van der Waals surface area contributed by atoms with E-state index in [0.29, 0.717) is 43.1 Å². The molecule has 1 aromatic heterocycles. The van der Waals surface area contributed by atoms with E-state index in [-0.39, 0.29) is 31.1 Å². The van der Waals surface area contributed by atoms with Crippen LogP contribution in [-0.4, -0.2) is 54.2 Å². The number of hydrogen-bond donors (Lipinski definition) is 4. The van der Waals surface area contributed by atoms with Gasteiger partial charge < -0.3 is 19.9 Å². The zero-order chi connectivity index (χ0) is 32.1. The molecular weight excluding hydrogens is 608 g/mol. The molecule has 1 aliphatic heterocycles. The van der Waals surface area contributed by atoms with Gasteiger partial charge in [-0.1, -0.05) is 84.9 Å². The van der Waals surface area contributed by atoms with Crippen LogP contribution >= 0.6 is 11.8 Å². The summed E-state index contributed by atoms with van der Waals surface area (Å²) in [5.41, 5.74) is 6.14. The van der Waals surface area contributed by atoms with Gasteiger partial charge in [0.2, 0.25) is 17.0 Å². The summed E-state index contributed by atoms with van der Waals surface area (Å²) >= 11 is 1.52. The SMILES string of the molecule is O=C(CCCCCC(=O)NCc1ccc(C2OC(CSc3nnnn3-c3ccccc3)CC(c3ccc(CO)cc3)O2)cc1)NO. The second kappa shape index (κ2) is 17.0. The van der Waals surface area contributed by atoms with Crippen LogP contribution in [-0.2, 0) is 32.2 Å². The number of hydroxylamine groups is 1. The number of aliphatic hydroxyl groups is 1. The molecule has 1 saturated heterocycles. The lowest BCUT2D eigenvalue weighted by Gasteiger charge is -2.36. The molecule has 0 saturated carbocycles. The lowest BCUT2D eigenvalue weighted by Crippen LogP contribution is -2.31. The first-order valence-electron chi connectivity index (χ1n) is 15.3. The van der Waals surface area contributed by atoms with Gasteiger partial charge in [0, 0.05) is 37.1 Å². The van der Waals surface area contributed by atoms with Crippen LogP contribution in [0.1, 0.15) is 73.2 Å². The fourth-order valence-corrected chi connectivity index (χ4v) is 5.98. The van der Waals surface area contributed by atoms with Gasteiger partial charge in [-0.3, -0.25) is 14.8 Å². The predicted molar refractivity (Wildman–Crippen MR) is 170 cm³/mol. The summed E-state index contributed by atoms with van der Waals surface area (Å²) in [4.78, 5) is 23.3. The zero-order valence-corrected chi connectivity index (χ0v) is 26.1. The molecule has 1 aliphatic rings. The van der Waals surface area contributed by atoms with Crippen molar-refractivity contribution in [1.29, 1.82) is 0 Å². The largest absolute Gasteiger partial charge is 0.392 e. The van der Waals surface area contributed by atoms with Crippen LogP contribution in [0, 0.1) is 0 Å². The highest BCUT2D eigenvalue weighted by Gasteiger charge is 2.32. The van der Waals surface area contributed by atoms with E-state index in [1.165, 1.54) is 11.8 Å². The number of benzene rings is 3. The fraction of sp³-hybridized carbons (Fsp3) is 0.364. The fourth-order valence-electron chi connectivity index (χ4n) is 5.08. The highest BCUT2D eigenvalue weighted by atomic mass is 32.2. The van der Waals surface area contributed by atoms with Crippen molar-refractivity contribution in [2.75, 3.05) is 5.75 Å². The summed E-state index contributed by atoms with van der Waals surface area (Å²) in [6, 6.07) is 25.3. The summed E-state index contributed by atoms with van der Waals surface area (Å²) in [6.45, 7) is 0.374. The highest BCUT2D eigenvalue weighted by Crippen LogP contribution is 2.39. The van der Waals surface area contributed by atoms with Crippen molar-refractivity contribution in [3.05, 3.63) is 101 Å². The van der Waals surface area contributed by atoms with E-state index in [1.807, 2.05) is 78.9 Å². The van der Waals surface area contributed by atoms with Gasteiger partial charge in [0.05, 0.1) is 24.5 Å². The first-order chi connectivity index (χ1) is 22.5. The molecule has 3 unspecified atom stereocenters. The highest BCUT2D eigenvalue weighted by molar-refractivity contribution is 7.99. The van der Waals surface area contributed by atoms with Crippen molar-refractivity contribution in [3.63, 3.8) is 0 Å². The normalized spacial score (nSPS) is 17.8. The molecule has 3 atom stereocenters. The van der Waals surface area contributed by atoms with Crippen LogP contribution in [0.5, 0.6) is 0 Å². The first kappa shape index (κ1) is 33.2. The maximum Gasteiger partial charge on any atom is 0.243 e. The average Bonchev–Trinajstić information content (AvgIpc) is 3.59. The Bertz CT molecular complexity index is 1540. The molecule has 242 valence electrons. The standard InChI is InChI=1S/C33H38N6O6S/c40-21-24-13-15-25(16-14-24)29-19-28(22-46-33-35-37-38-39(33)27-7-3-1-4-8-27)44-32(45-29)26-17-11-23(12-18-26)20-34-30(41)9-5-2-6-10-31(42)36-43/h1,3-4,7-8,11-18,28-29,32,40,43H,2,5-6,9-10,19-22H2,(H,34,41)(H,36,42). The van der Waals surface area contributed by atoms with Crippen LogP contribution in [0.2, 0.25) is 0 Å². The Morgan fingerprint density at radius 1 is 0.870 bits per heavy atom. The molecule has 13 heteroatoms. The molecule has 0 aliphatic carbocycles. The van der Waals surface area contributed by atoms with Crippen molar-refractivity contribution in [3.8, 4) is 5.69 Å². The van der Waals surface area contributed by atoms with Crippen molar-refractivity contribution in [2.45, 2.75) is 75.3 Å². The van der Waals surface area contributed by atoms with Crippen molar-refractivity contribution in [2.24, 2.45) is 0 Å². The minimum Gasteiger partial charge on any atom is -0.392 e. The van der Waals surface area contributed by atoms with Gasteiger partial charge in [-0.2, -0.15) is 4.68 Å². The predicted octanol–water partition coefficient (Wildman–Crippen LogP) is 4.56. The zero-order valence-electron chi connectivity index (χ0n) is 25.3. The Morgan fingerprint density at radius 3 is 2.28 bits per heavy atom. The Morgan fingerprint density at radius 2 is 1.57 bits per heavy atom. The lowest BCUT2D eigenvalue weighted by molar-refractivity contribution is -0.245. The summed E-state index contributed by atoms with van der Waals surface area (Å²) in [5.74, 6) is 0.139. The van der Waals surface area contributed by atoms with E-state index < -0.39 is 12.2 Å². The van der Waals surface area contributed by atoms with Gasteiger partial charge in [0.25, 0.3) is 0 Å². The quantitative estimate of drug-likeness (QED) is 0.0624. The number of unbranched alkanes of at least 4 members (excludes halogenated alkanes) is 2. The average molecular weight is 647 g/mol. The summed E-state index contributed by atoms with van der Waals surface area (Å²) < 4.78 is 14.6. The van der Waals surface area contributed by atoms with Gasteiger partial charge in [-0.25, -0.2) is 5.48 Å². The molecule has 3 aromatic carbocycles. The number of nitrogens with zero attached hydrogens (tertiary/aromatic N) is 4. The molecular formula is C33H38N6O6S. The second-order valence-corrected chi connectivity index (χ2v) is 12.0. The van der Waals surface area contributed by atoms with E-state index in [4.69, 9.17) is 14.7 Å². The number of para-hydroxylation sites is 1.